The van der Waals surface area contributed by atoms with Crippen LogP contribution < -0.4 is 5.56 Å². The number of alkyl halides is 3. The van der Waals surface area contributed by atoms with Crippen LogP contribution in [0.15, 0.2) is 59.5 Å². The van der Waals surface area contributed by atoms with Crippen LogP contribution in [0.1, 0.15) is 34.3 Å². The lowest BCUT2D eigenvalue weighted by Crippen LogP contribution is -2.46. The van der Waals surface area contributed by atoms with Gasteiger partial charge in [0.15, 0.2) is 5.60 Å². The third-order valence-corrected chi connectivity index (χ3v) is 5.61. The van der Waals surface area contributed by atoms with Gasteiger partial charge in [-0.15, -0.1) is 0 Å². The second-order valence-electron chi connectivity index (χ2n) is 7.16. The van der Waals surface area contributed by atoms with E-state index in [1.807, 2.05) is 0 Å². The molecular formula is C22H16ClF4NO4. The molecule has 32 heavy (non-hydrogen) atoms. The van der Waals surface area contributed by atoms with Crippen molar-refractivity contribution in [3.05, 3.63) is 92.6 Å². The number of H-pyrrole nitrogens is 1. The third kappa shape index (κ3) is 4.13. The van der Waals surface area contributed by atoms with E-state index in [4.69, 9.17) is 16.7 Å². The zero-order chi connectivity index (χ0) is 23.8. The fraction of sp³-hybridized carbons (Fsp3) is 0.182. The lowest BCUT2D eigenvalue weighted by Gasteiger charge is -2.36. The monoisotopic (exact) mass is 469 g/mol. The van der Waals surface area contributed by atoms with Gasteiger partial charge >= 0.3 is 12.1 Å². The Bertz CT molecular complexity index is 1220. The molecule has 1 heterocycles. The largest absolute Gasteiger partial charge is 0.478 e. The fourth-order valence-electron chi connectivity index (χ4n) is 3.46. The number of aromatic nitrogens is 1. The van der Waals surface area contributed by atoms with E-state index >= 15 is 0 Å². The number of hydrogen-bond acceptors (Lipinski definition) is 3. The van der Waals surface area contributed by atoms with Crippen LogP contribution in [-0.4, -0.2) is 27.3 Å². The molecule has 0 fully saturated rings. The smallest absolute Gasteiger partial charge is 0.422 e. The highest BCUT2D eigenvalue weighted by Gasteiger charge is 2.59. The topological polar surface area (TPSA) is 90.4 Å². The number of nitrogens with one attached hydrogen (secondary N) is 1. The van der Waals surface area contributed by atoms with Crippen LogP contribution in [0.5, 0.6) is 0 Å². The van der Waals surface area contributed by atoms with Crippen LogP contribution in [0.4, 0.5) is 17.6 Å². The molecule has 0 aliphatic carbocycles. The van der Waals surface area contributed by atoms with Gasteiger partial charge < -0.3 is 15.2 Å². The quantitative estimate of drug-likeness (QED) is 0.454. The molecule has 10 heteroatoms. The Balaban J connectivity index is 2.05. The molecule has 2 aromatic carbocycles. The number of carboxylic acids is 1. The molecule has 3 rings (SSSR count). The number of aromatic amines is 1. The number of hydrogen-bond donors (Lipinski definition) is 3. The van der Waals surface area contributed by atoms with Crippen LogP contribution in [0, 0.1) is 5.82 Å². The first-order valence-electron chi connectivity index (χ1n) is 9.17. The molecule has 0 bridgehead atoms. The Kier molecular flexibility index (Phi) is 6.17. The highest BCUT2D eigenvalue weighted by atomic mass is 35.5. The van der Waals surface area contributed by atoms with Crippen LogP contribution in [0.3, 0.4) is 0 Å². The van der Waals surface area contributed by atoms with Gasteiger partial charge in [-0.3, -0.25) is 4.79 Å². The standard InChI is InChI=1S/C22H16ClF4NO4/c1-11(21(32,22(25,26)27)14-4-7-19(29)28-10-14)15-5-2-12(8-17(15)23)13-3-6-16(20(30)31)18(24)9-13/h2-11,32H,1H3,(H,28,29)(H,30,31). The second kappa shape index (κ2) is 8.40. The minimum Gasteiger partial charge on any atom is -0.478 e. The summed E-state index contributed by atoms with van der Waals surface area (Å²) in [5, 5.41) is 19.6. The van der Waals surface area contributed by atoms with Gasteiger partial charge in [0, 0.05) is 28.8 Å². The summed E-state index contributed by atoms with van der Waals surface area (Å²) in [5.74, 6) is -4.00. The average Bonchev–Trinajstić information content (AvgIpc) is 2.72. The lowest BCUT2D eigenvalue weighted by molar-refractivity contribution is -0.274. The first-order valence-corrected chi connectivity index (χ1v) is 9.55. The summed E-state index contributed by atoms with van der Waals surface area (Å²) in [6, 6.07) is 9.10. The van der Waals surface area contributed by atoms with Gasteiger partial charge in [0.2, 0.25) is 5.56 Å². The molecule has 2 unspecified atom stereocenters. The van der Waals surface area contributed by atoms with Crippen molar-refractivity contribution in [3.8, 4) is 11.1 Å². The molecule has 0 aliphatic rings. The second-order valence-corrected chi connectivity index (χ2v) is 7.57. The van der Waals surface area contributed by atoms with Crippen LogP contribution in [0.25, 0.3) is 11.1 Å². The van der Waals surface area contributed by atoms with Crippen molar-refractivity contribution in [1.29, 1.82) is 0 Å². The van der Waals surface area contributed by atoms with Gasteiger partial charge in [0.25, 0.3) is 0 Å². The summed E-state index contributed by atoms with van der Waals surface area (Å²) in [6.07, 6.45) is -4.32. The minimum absolute atomic E-state index is 0.0379. The number of aliphatic hydroxyl groups is 1. The predicted octanol–water partition coefficient (Wildman–Crippen LogP) is 5.09. The summed E-state index contributed by atoms with van der Waals surface area (Å²) in [7, 11) is 0. The van der Waals surface area contributed by atoms with Gasteiger partial charge in [-0.25, -0.2) is 9.18 Å². The van der Waals surface area contributed by atoms with E-state index in [0.29, 0.717) is 5.56 Å². The zero-order valence-corrected chi connectivity index (χ0v) is 17.1. The minimum atomic E-state index is -5.11. The molecule has 0 amide bonds. The molecule has 0 radical (unpaired) electrons. The normalized spacial score (nSPS) is 14.6. The predicted molar refractivity (Wildman–Crippen MR) is 109 cm³/mol. The Morgan fingerprint density at radius 3 is 2.19 bits per heavy atom. The number of carbonyl (C=O) groups is 1. The van der Waals surface area contributed by atoms with E-state index in [2.05, 4.69) is 4.98 Å². The van der Waals surface area contributed by atoms with Crippen LogP contribution >= 0.6 is 11.6 Å². The van der Waals surface area contributed by atoms with E-state index in [1.165, 1.54) is 24.3 Å². The van der Waals surface area contributed by atoms with Crippen molar-refractivity contribution < 1.29 is 32.6 Å². The maximum Gasteiger partial charge on any atom is 0.422 e. The molecule has 0 spiro atoms. The Hall–Kier alpha value is -3.17. The number of pyridine rings is 1. The average molecular weight is 470 g/mol. The third-order valence-electron chi connectivity index (χ3n) is 5.28. The number of halogens is 5. The van der Waals surface area contributed by atoms with Crippen molar-refractivity contribution >= 4 is 17.6 Å². The van der Waals surface area contributed by atoms with E-state index in [1.54, 1.807) is 0 Å². The Labute approximate surface area is 183 Å². The van der Waals surface area contributed by atoms with Crippen molar-refractivity contribution in [1.82, 2.24) is 4.98 Å². The first-order chi connectivity index (χ1) is 14.9. The number of benzene rings is 2. The van der Waals surface area contributed by atoms with E-state index < -0.39 is 46.2 Å². The highest BCUT2D eigenvalue weighted by Crippen LogP contribution is 2.49. The van der Waals surface area contributed by atoms with Crippen molar-refractivity contribution in [3.63, 3.8) is 0 Å². The van der Waals surface area contributed by atoms with Crippen LogP contribution in [-0.2, 0) is 5.60 Å². The van der Waals surface area contributed by atoms with Gasteiger partial charge in [0.05, 0.1) is 5.56 Å². The maximum absolute atomic E-state index is 14.0. The van der Waals surface area contributed by atoms with Crippen molar-refractivity contribution in [2.45, 2.75) is 24.6 Å². The van der Waals surface area contributed by atoms with Crippen LogP contribution in [0.2, 0.25) is 5.02 Å². The SMILES string of the molecule is CC(c1ccc(-c2ccc(C(=O)O)c(F)c2)cc1Cl)C(O)(c1ccc(=O)[nH]c1)C(F)(F)F. The number of rotatable bonds is 5. The zero-order valence-electron chi connectivity index (χ0n) is 16.4. The molecule has 0 aliphatic heterocycles. The first kappa shape index (κ1) is 23.5. The van der Waals surface area contributed by atoms with Gasteiger partial charge in [0.1, 0.15) is 5.82 Å². The van der Waals surface area contributed by atoms with Gasteiger partial charge in [-0.05, 0) is 41.0 Å². The Morgan fingerprint density at radius 2 is 1.69 bits per heavy atom. The van der Waals surface area contributed by atoms with Crippen molar-refractivity contribution in [2.75, 3.05) is 0 Å². The molecule has 0 saturated heterocycles. The molecule has 5 nitrogen and oxygen atoms in total. The molecule has 168 valence electrons. The molecule has 3 aromatic rings. The molecular weight excluding hydrogens is 454 g/mol. The lowest BCUT2D eigenvalue weighted by atomic mass is 9.78. The summed E-state index contributed by atoms with van der Waals surface area (Å²) in [5.41, 5.74) is -4.53. The van der Waals surface area contributed by atoms with E-state index in [-0.39, 0.29) is 16.1 Å². The summed E-state index contributed by atoms with van der Waals surface area (Å²) >= 11 is 6.24. The fourth-order valence-corrected chi connectivity index (χ4v) is 3.80. The summed E-state index contributed by atoms with van der Waals surface area (Å²) in [4.78, 5) is 24.3. The van der Waals surface area contributed by atoms with E-state index in [9.17, 15) is 32.3 Å². The molecule has 0 saturated carbocycles. The van der Waals surface area contributed by atoms with Gasteiger partial charge in [-0.2, -0.15) is 13.2 Å². The molecule has 3 N–H and O–H groups in total. The molecule has 2 atom stereocenters. The van der Waals surface area contributed by atoms with Crippen molar-refractivity contribution in [2.24, 2.45) is 0 Å². The molecule has 1 aromatic heterocycles. The van der Waals surface area contributed by atoms with Gasteiger partial charge in [-0.1, -0.05) is 36.7 Å². The summed E-state index contributed by atoms with van der Waals surface area (Å²) in [6.45, 7) is 1.14. The highest BCUT2D eigenvalue weighted by molar-refractivity contribution is 6.31. The Morgan fingerprint density at radius 1 is 1.06 bits per heavy atom. The number of carboxylic acid groups (broad SMARTS) is 1. The van der Waals surface area contributed by atoms with E-state index in [0.717, 1.165) is 37.4 Å². The summed E-state index contributed by atoms with van der Waals surface area (Å²) < 4.78 is 55.9. The number of aromatic carboxylic acids is 1. The maximum atomic E-state index is 14.0.